The van der Waals surface area contributed by atoms with Crippen LogP contribution in [0.1, 0.15) is 11.1 Å². The Morgan fingerprint density at radius 1 is 0.926 bits per heavy atom. The monoisotopic (exact) mass is 390 g/mol. The van der Waals surface area contributed by atoms with E-state index < -0.39 is 10.0 Å². The molecule has 0 aromatic heterocycles. The van der Waals surface area contributed by atoms with Gasteiger partial charge in [-0.05, 0) is 25.1 Å². The molecule has 0 radical (unpaired) electrons. The van der Waals surface area contributed by atoms with E-state index in [1.54, 1.807) is 30.7 Å². The van der Waals surface area contributed by atoms with E-state index in [1.165, 1.54) is 0 Å². The minimum absolute atomic E-state index is 0.357. The molecule has 1 heterocycles. The number of rotatable bonds is 6. The lowest BCUT2D eigenvalue weighted by Crippen LogP contribution is -2.48. The predicted octanol–water partition coefficient (Wildman–Crippen LogP) is 2.52. The zero-order chi connectivity index (χ0) is 19.4. The van der Waals surface area contributed by atoms with Gasteiger partial charge in [0, 0.05) is 38.3 Å². The molecular weight excluding hydrogens is 364 g/mol. The second-order valence-electron chi connectivity index (χ2n) is 6.65. The Morgan fingerprint density at radius 3 is 2.19 bits per heavy atom. The average Bonchev–Trinajstić information content (AvgIpc) is 2.68. The topological polar surface area (TPSA) is 59.1 Å². The smallest absolute Gasteiger partial charge is 0.243 e. The van der Waals surface area contributed by atoms with Crippen LogP contribution in [0.4, 0.5) is 0 Å². The molecular formula is C20H26N2O4S. The molecule has 0 amide bonds. The Bertz CT molecular complexity index is 873. The molecule has 0 saturated carbocycles. The number of hydrogen-bond acceptors (Lipinski definition) is 5. The Kier molecular flexibility index (Phi) is 6.04. The Morgan fingerprint density at radius 2 is 1.59 bits per heavy atom. The van der Waals surface area contributed by atoms with Crippen LogP contribution in [-0.4, -0.2) is 58.0 Å². The lowest BCUT2D eigenvalue weighted by molar-refractivity contribution is 0.179. The van der Waals surface area contributed by atoms with E-state index in [9.17, 15) is 8.42 Å². The van der Waals surface area contributed by atoms with Crippen molar-refractivity contribution in [3.63, 3.8) is 0 Å². The number of benzene rings is 2. The maximum Gasteiger partial charge on any atom is 0.243 e. The van der Waals surface area contributed by atoms with Crippen molar-refractivity contribution in [1.29, 1.82) is 0 Å². The van der Waals surface area contributed by atoms with Crippen LogP contribution in [0.15, 0.2) is 47.4 Å². The third-order valence-electron chi connectivity index (χ3n) is 4.87. The fourth-order valence-electron chi connectivity index (χ4n) is 3.31. The molecule has 0 N–H and O–H groups in total. The van der Waals surface area contributed by atoms with Gasteiger partial charge in [0.2, 0.25) is 10.0 Å². The summed E-state index contributed by atoms with van der Waals surface area (Å²) in [4.78, 5) is 2.59. The zero-order valence-corrected chi connectivity index (χ0v) is 16.8. The maximum atomic E-state index is 12.8. The number of piperazine rings is 1. The summed E-state index contributed by atoms with van der Waals surface area (Å²) in [5.41, 5.74) is 2.08. The van der Waals surface area contributed by atoms with Gasteiger partial charge in [-0.15, -0.1) is 0 Å². The summed E-state index contributed by atoms with van der Waals surface area (Å²) < 4.78 is 38.1. The summed E-state index contributed by atoms with van der Waals surface area (Å²) >= 11 is 0. The average molecular weight is 391 g/mol. The van der Waals surface area contributed by atoms with Crippen LogP contribution in [0.2, 0.25) is 0 Å². The van der Waals surface area contributed by atoms with E-state index in [1.807, 2.05) is 37.3 Å². The molecule has 3 rings (SSSR count). The third kappa shape index (κ3) is 4.26. The molecule has 27 heavy (non-hydrogen) atoms. The highest BCUT2D eigenvalue weighted by Crippen LogP contribution is 2.31. The summed E-state index contributed by atoms with van der Waals surface area (Å²) in [5.74, 6) is 1.44. The molecule has 1 saturated heterocycles. The zero-order valence-electron chi connectivity index (χ0n) is 16.0. The van der Waals surface area contributed by atoms with E-state index in [2.05, 4.69) is 4.90 Å². The summed E-state index contributed by atoms with van der Waals surface area (Å²) in [6.07, 6.45) is 0. The van der Waals surface area contributed by atoms with E-state index >= 15 is 0 Å². The summed E-state index contributed by atoms with van der Waals surface area (Å²) in [5, 5.41) is 0. The number of nitrogens with zero attached hydrogens (tertiary/aromatic N) is 2. The van der Waals surface area contributed by atoms with Crippen LogP contribution in [0.3, 0.4) is 0 Å². The Balaban J connectivity index is 1.67. The van der Waals surface area contributed by atoms with Crippen LogP contribution >= 0.6 is 0 Å². The van der Waals surface area contributed by atoms with Crippen LogP contribution in [0, 0.1) is 6.92 Å². The standard InChI is InChI=1S/C20H26N2O4S/c1-16-7-9-18(10-8-16)27(23,24)22-13-11-21(12-14-22)15-17-5-4-6-19(25-2)20(17)26-3/h4-10H,11-15H2,1-3H3. The molecule has 7 heteroatoms. The second kappa shape index (κ2) is 8.29. The molecule has 0 unspecified atom stereocenters. The predicted molar refractivity (Wildman–Crippen MR) is 105 cm³/mol. The number of sulfonamides is 1. The Labute approximate surface area is 161 Å². The molecule has 0 spiro atoms. The number of ether oxygens (including phenoxy) is 2. The second-order valence-corrected chi connectivity index (χ2v) is 8.58. The van der Waals surface area contributed by atoms with Gasteiger partial charge in [0.1, 0.15) is 0 Å². The first kappa shape index (κ1) is 19.7. The van der Waals surface area contributed by atoms with Gasteiger partial charge in [-0.25, -0.2) is 8.42 Å². The molecule has 2 aromatic carbocycles. The van der Waals surface area contributed by atoms with Gasteiger partial charge in [-0.3, -0.25) is 4.90 Å². The number of methoxy groups -OCH3 is 2. The van der Waals surface area contributed by atoms with E-state index in [0.29, 0.717) is 43.4 Å². The van der Waals surface area contributed by atoms with Gasteiger partial charge >= 0.3 is 0 Å². The molecule has 6 nitrogen and oxygen atoms in total. The first-order chi connectivity index (χ1) is 13.0. The highest BCUT2D eigenvalue weighted by atomic mass is 32.2. The molecule has 2 aromatic rings. The van der Waals surface area contributed by atoms with Crippen molar-refractivity contribution in [2.45, 2.75) is 18.4 Å². The molecule has 146 valence electrons. The highest BCUT2D eigenvalue weighted by Gasteiger charge is 2.28. The van der Waals surface area contributed by atoms with Gasteiger partial charge in [0.15, 0.2) is 11.5 Å². The summed E-state index contributed by atoms with van der Waals surface area (Å²) in [7, 11) is -0.183. The normalized spacial score (nSPS) is 16.3. The molecule has 0 atom stereocenters. The van der Waals surface area contributed by atoms with E-state index in [4.69, 9.17) is 9.47 Å². The fraction of sp³-hybridized carbons (Fsp3) is 0.400. The van der Waals surface area contributed by atoms with Gasteiger partial charge in [0.05, 0.1) is 19.1 Å². The molecule has 0 aliphatic carbocycles. The minimum atomic E-state index is -3.44. The lowest BCUT2D eigenvalue weighted by atomic mass is 10.1. The van der Waals surface area contributed by atoms with Crippen molar-refractivity contribution < 1.29 is 17.9 Å². The van der Waals surface area contributed by atoms with Crippen LogP contribution in [0.25, 0.3) is 0 Å². The largest absolute Gasteiger partial charge is 0.493 e. The lowest BCUT2D eigenvalue weighted by Gasteiger charge is -2.34. The molecule has 1 fully saturated rings. The fourth-order valence-corrected chi connectivity index (χ4v) is 4.73. The maximum absolute atomic E-state index is 12.8. The summed E-state index contributed by atoms with van der Waals surface area (Å²) in [6.45, 7) is 4.93. The quantitative estimate of drug-likeness (QED) is 0.759. The van der Waals surface area contributed by atoms with Crippen molar-refractivity contribution in [2.75, 3.05) is 40.4 Å². The van der Waals surface area contributed by atoms with Gasteiger partial charge in [-0.1, -0.05) is 29.8 Å². The van der Waals surface area contributed by atoms with Crippen molar-refractivity contribution in [3.8, 4) is 11.5 Å². The van der Waals surface area contributed by atoms with Crippen molar-refractivity contribution >= 4 is 10.0 Å². The van der Waals surface area contributed by atoms with Gasteiger partial charge in [-0.2, -0.15) is 4.31 Å². The van der Waals surface area contributed by atoms with E-state index in [0.717, 1.165) is 16.9 Å². The minimum Gasteiger partial charge on any atom is -0.493 e. The molecule has 1 aliphatic rings. The van der Waals surface area contributed by atoms with E-state index in [-0.39, 0.29) is 0 Å². The Hall–Kier alpha value is -2.09. The SMILES string of the molecule is COc1cccc(CN2CCN(S(=O)(=O)c3ccc(C)cc3)CC2)c1OC. The molecule has 1 aliphatic heterocycles. The number of hydrogen-bond donors (Lipinski definition) is 0. The third-order valence-corrected chi connectivity index (χ3v) is 6.78. The summed E-state index contributed by atoms with van der Waals surface area (Å²) in [6, 6.07) is 12.8. The van der Waals surface area contributed by atoms with Gasteiger partial charge < -0.3 is 9.47 Å². The van der Waals surface area contributed by atoms with Crippen LogP contribution in [-0.2, 0) is 16.6 Å². The van der Waals surface area contributed by atoms with Crippen molar-refractivity contribution in [1.82, 2.24) is 9.21 Å². The first-order valence-electron chi connectivity index (χ1n) is 8.94. The van der Waals surface area contributed by atoms with Crippen LogP contribution < -0.4 is 9.47 Å². The van der Waals surface area contributed by atoms with Gasteiger partial charge in [0.25, 0.3) is 0 Å². The van der Waals surface area contributed by atoms with Crippen LogP contribution in [0.5, 0.6) is 11.5 Å². The number of para-hydroxylation sites is 1. The first-order valence-corrected chi connectivity index (χ1v) is 10.4. The van der Waals surface area contributed by atoms with Crippen molar-refractivity contribution in [3.05, 3.63) is 53.6 Å². The van der Waals surface area contributed by atoms with Crippen molar-refractivity contribution in [2.24, 2.45) is 0 Å². The number of aryl methyl sites for hydroxylation is 1. The highest BCUT2D eigenvalue weighted by molar-refractivity contribution is 7.89. The molecule has 0 bridgehead atoms.